The normalized spacial score (nSPS) is 18.9. The van der Waals surface area contributed by atoms with Crippen LogP contribution >= 0.6 is 0 Å². The Morgan fingerprint density at radius 3 is 2.35 bits per heavy atom. The van der Waals surface area contributed by atoms with Gasteiger partial charge in [0.2, 0.25) is 0 Å². The zero-order valence-electron chi connectivity index (χ0n) is 12.3. The molecule has 2 nitrogen and oxygen atoms in total. The number of aryl methyl sites for hydroxylation is 1. The highest BCUT2D eigenvalue weighted by atomic mass is 32.2. The lowest BCUT2D eigenvalue weighted by Gasteiger charge is -2.28. The number of hydrogen-bond acceptors (Lipinski definition) is 2. The zero-order chi connectivity index (χ0) is 15.1. The van der Waals surface area contributed by atoms with Gasteiger partial charge in [0.1, 0.15) is 16.4 Å². The number of rotatable bonds is 4. The molecule has 0 spiro atoms. The van der Waals surface area contributed by atoms with E-state index in [-0.39, 0.29) is 23.1 Å². The van der Waals surface area contributed by atoms with Crippen LogP contribution in [0.15, 0.2) is 12.1 Å². The molecule has 1 fully saturated rings. The van der Waals surface area contributed by atoms with Crippen molar-refractivity contribution >= 4 is 11.4 Å². The second kappa shape index (κ2) is 5.62. The van der Waals surface area contributed by atoms with Crippen molar-refractivity contribution in [2.45, 2.75) is 51.3 Å². The van der Waals surface area contributed by atoms with E-state index in [0.29, 0.717) is 0 Å². The third-order valence-corrected chi connectivity index (χ3v) is 5.08. The average Bonchev–Trinajstić information content (AvgIpc) is 3.13. The van der Waals surface area contributed by atoms with E-state index >= 15 is 0 Å². The van der Waals surface area contributed by atoms with Crippen LogP contribution in [0.2, 0.25) is 0 Å². The lowest BCUT2D eigenvalue weighted by Crippen LogP contribution is -2.42. The molecule has 0 radical (unpaired) electrons. The van der Waals surface area contributed by atoms with Gasteiger partial charge in [0.05, 0.1) is 6.04 Å². The van der Waals surface area contributed by atoms with Gasteiger partial charge >= 0.3 is 0 Å². The van der Waals surface area contributed by atoms with Crippen LogP contribution < -0.4 is 4.72 Å². The summed E-state index contributed by atoms with van der Waals surface area (Å²) >= 11 is -1.31. The standard InChI is InChI=1S/C15H21F2NOS/c1-9-7-13(17)11(8-12(9)16)14(10-5-6-10)18-20(19)15(2,3)4/h7-8,10,14,18H,5-6H2,1-4H3/t14-,20?/m1/s1. The van der Waals surface area contributed by atoms with Crippen LogP contribution in [0.5, 0.6) is 0 Å². The molecule has 1 N–H and O–H groups in total. The second-order valence-corrected chi connectivity index (χ2v) is 8.43. The summed E-state index contributed by atoms with van der Waals surface area (Å²) in [6, 6.07) is 2.06. The molecular formula is C15H21F2NOS. The SMILES string of the molecule is Cc1cc(F)c([C@H](N[S+]([O-])C(C)(C)C)C2CC2)cc1F. The van der Waals surface area contributed by atoms with E-state index in [1.165, 1.54) is 19.1 Å². The summed E-state index contributed by atoms with van der Waals surface area (Å²) in [5, 5.41) is 0. The minimum absolute atomic E-state index is 0.234. The predicted octanol–water partition coefficient (Wildman–Crippen LogP) is 3.78. The molecule has 1 aromatic carbocycles. The molecule has 0 amide bonds. The lowest BCUT2D eigenvalue weighted by molar-refractivity contribution is 0.482. The fourth-order valence-electron chi connectivity index (χ4n) is 2.04. The number of hydrogen-bond donors (Lipinski definition) is 1. The zero-order valence-corrected chi connectivity index (χ0v) is 13.1. The first-order chi connectivity index (χ1) is 9.20. The maximum Gasteiger partial charge on any atom is 0.136 e. The fraction of sp³-hybridized carbons (Fsp3) is 0.600. The average molecular weight is 301 g/mol. The van der Waals surface area contributed by atoms with E-state index < -0.39 is 27.7 Å². The summed E-state index contributed by atoms with van der Waals surface area (Å²) in [5.41, 5.74) is 0.575. The molecule has 0 aromatic heterocycles. The summed E-state index contributed by atoms with van der Waals surface area (Å²) < 4.78 is 42.6. The Labute approximate surface area is 122 Å². The molecule has 2 rings (SSSR count). The van der Waals surface area contributed by atoms with Gasteiger partial charge in [-0.3, -0.25) is 0 Å². The first kappa shape index (κ1) is 15.7. The molecule has 0 heterocycles. The minimum atomic E-state index is -1.31. The molecule has 1 saturated carbocycles. The van der Waals surface area contributed by atoms with Crippen LogP contribution in [-0.2, 0) is 11.4 Å². The third kappa shape index (κ3) is 3.51. The smallest absolute Gasteiger partial charge is 0.136 e. The topological polar surface area (TPSA) is 35.1 Å². The number of nitrogens with one attached hydrogen (secondary N) is 1. The van der Waals surface area contributed by atoms with Gasteiger partial charge in [-0.05, 0) is 64.2 Å². The van der Waals surface area contributed by atoms with Gasteiger partial charge in [-0.1, -0.05) is 0 Å². The fourth-order valence-corrected chi connectivity index (χ4v) is 2.94. The maximum atomic E-state index is 14.1. The Balaban J connectivity index is 2.28. The molecule has 0 saturated heterocycles. The third-order valence-electron chi connectivity index (χ3n) is 3.50. The van der Waals surface area contributed by atoms with Crippen molar-refractivity contribution in [3.8, 4) is 0 Å². The highest BCUT2D eigenvalue weighted by Gasteiger charge is 2.39. The number of benzene rings is 1. The molecule has 1 aromatic rings. The van der Waals surface area contributed by atoms with E-state index in [0.717, 1.165) is 12.8 Å². The molecule has 1 aliphatic carbocycles. The van der Waals surface area contributed by atoms with Crippen molar-refractivity contribution in [2.75, 3.05) is 0 Å². The quantitative estimate of drug-likeness (QED) is 0.859. The van der Waals surface area contributed by atoms with Gasteiger partial charge in [-0.2, -0.15) is 0 Å². The van der Waals surface area contributed by atoms with E-state index in [9.17, 15) is 13.3 Å². The summed E-state index contributed by atoms with van der Waals surface area (Å²) in [4.78, 5) is 0. The monoisotopic (exact) mass is 301 g/mol. The molecular weight excluding hydrogens is 280 g/mol. The first-order valence-electron chi connectivity index (χ1n) is 6.83. The Bertz CT molecular complexity index is 497. The number of halogens is 2. The Hall–Kier alpha value is -0.650. The van der Waals surface area contributed by atoms with Crippen molar-refractivity contribution in [1.29, 1.82) is 0 Å². The van der Waals surface area contributed by atoms with E-state index in [4.69, 9.17) is 0 Å². The summed E-state index contributed by atoms with van der Waals surface area (Å²) in [6.07, 6.45) is 1.90. The summed E-state index contributed by atoms with van der Waals surface area (Å²) in [7, 11) is 0. The Morgan fingerprint density at radius 2 is 1.85 bits per heavy atom. The van der Waals surface area contributed by atoms with E-state index in [2.05, 4.69) is 4.72 Å². The molecule has 1 aliphatic rings. The van der Waals surface area contributed by atoms with Crippen LogP contribution in [0.25, 0.3) is 0 Å². The lowest BCUT2D eigenvalue weighted by atomic mass is 10.0. The highest BCUT2D eigenvalue weighted by molar-refractivity contribution is 7.90. The van der Waals surface area contributed by atoms with Gasteiger partial charge in [0.25, 0.3) is 0 Å². The van der Waals surface area contributed by atoms with Crippen molar-refractivity contribution in [1.82, 2.24) is 4.72 Å². The highest BCUT2D eigenvalue weighted by Crippen LogP contribution is 2.43. The van der Waals surface area contributed by atoms with Crippen LogP contribution in [-0.4, -0.2) is 9.30 Å². The molecule has 0 bridgehead atoms. The van der Waals surface area contributed by atoms with Gasteiger partial charge in [0.15, 0.2) is 0 Å². The predicted molar refractivity (Wildman–Crippen MR) is 77.6 cm³/mol. The van der Waals surface area contributed by atoms with Crippen molar-refractivity contribution in [3.05, 3.63) is 34.9 Å². The van der Waals surface area contributed by atoms with E-state index in [1.807, 2.05) is 20.8 Å². The van der Waals surface area contributed by atoms with Gasteiger partial charge in [-0.25, -0.2) is 8.78 Å². The molecule has 5 heteroatoms. The van der Waals surface area contributed by atoms with Crippen LogP contribution in [0.4, 0.5) is 8.78 Å². The molecule has 2 atom stereocenters. The van der Waals surface area contributed by atoms with Gasteiger partial charge in [0, 0.05) is 16.9 Å². The van der Waals surface area contributed by atoms with Gasteiger partial charge in [-0.15, -0.1) is 4.72 Å². The summed E-state index contributed by atoms with van der Waals surface area (Å²) in [6.45, 7) is 7.10. The van der Waals surface area contributed by atoms with Crippen LogP contribution in [0.3, 0.4) is 0 Å². The molecule has 0 aliphatic heterocycles. The first-order valence-corrected chi connectivity index (χ1v) is 7.98. The maximum absolute atomic E-state index is 14.1. The van der Waals surface area contributed by atoms with E-state index in [1.54, 1.807) is 0 Å². The molecule has 20 heavy (non-hydrogen) atoms. The Morgan fingerprint density at radius 1 is 1.25 bits per heavy atom. The van der Waals surface area contributed by atoms with Gasteiger partial charge < -0.3 is 4.55 Å². The van der Waals surface area contributed by atoms with Crippen molar-refractivity contribution in [3.63, 3.8) is 0 Å². The van der Waals surface area contributed by atoms with Crippen LogP contribution in [0, 0.1) is 24.5 Å². The van der Waals surface area contributed by atoms with Crippen molar-refractivity contribution < 1.29 is 13.3 Å². The van der Waals surface area contributed by atoms with Crippen LogP contribution in [0.1, 0.15) is 50.8 Å². The summed E-state index contributed by atoms with van der Waals surface area (Å²) in [5.74, 6) is -0.618. The van der Waals surface area contributed by atoms with Crippen molar-refractivity contribution in [2.24, 2.45) is 5.92 Å². The largest absolute Gasteiger partial charge is 0.598 e. The Kier molecular flexibility index (Phi) is 4.42. The second-order valence-electron chi connectivity index (χ2n) is 6.44. The molecule has 112 valence electrons. The minimum Gasteiger partial charge on any atom is -0.598 e. The molecule has 1 unspecified atom stereocenters.